The topological polar surface area (TPSA) is 63.1 Å². The molecule has 0 amide bonds. The van der Waals surface area contributed by atoms with Gasteiger partial charge in [0.25, 0.3) is 0 Å². The third-order valence-electron chi connectivity index (χ3n) is 2.42. The highest BCUT2D eigenvalue weighted by atomic mass is 32.2. The second-order valence-corrected chi connectivity index (χ2v) is 4.86. The van der Waals surface area contributed by atoms with Crippen LogP contribution in [0.2, 0.25) is 0 Å². The predicted octanol–water partition coefficient (Wildman–Crippen LogP) is 2.76. The van der Waals surface area contributed by atoms with Crippen LogP contribution in [-0.4, -0.2) is 26.8 Å². The maximum atomic E-state index is 10.7. The Morgan fingerprint density at radius 2 is 2.11 bits per heavy atom. The predicted molar refractivity (Wildman–Crippen MR) is 71.9 cm³/mol. The molecule has 0 aliphatic heterocycles. The first-order valence-corrected chi connectivity index (χ1v) is 6.79. The minimum absolute atomic E-state index is 0.0204. The summed E-state index contributed by atoms with van der Waals surface area (Å²) in [6, 6.07) is 7.70. The van der Waals surface area contributed by atoms with Crippen molar-refractivity contribution in [3.63, 3.8) is 0 Å². The first-order valence-electron chi connectivity index (χ1n) is 5.81. The summed E-state index contributed by atoms with van der Waals surface area (Å²) in [5, 5.41) is 10.4. The molecule has 4 nitrogen and oxygen atoms in total. The monoisotopic (exact) mass is 262 g/mol. The van der Waals surface area contributed by atoms with Crippen molar-refractivity contribution in [1.82, 2.24) is 9.97 Å². The fourth-order valence-corrected chi connectivity index (χ4v) is 2.43. The van der Waals surface area contributed by atoms with Crippen LogP contribution in [0.15, 0.2) is 29.3 Å². The number of carboxylic acids is 1. The van der Waals surface area contributed by atoms with Gasteiger partial charge in [-0.3, -0.25) is 4.79 Å². The minimum Gasteiger partial charge on any atom is -0.481 e. The molecule has 0 spiro atoms. The zero-order chi connectivity index (χ0) is 13.0. The van der Waals surface area contributed by atoms with Crippen molar-refractivity contribution in [1.29, 1.82) is 0 Å². The van der Waals surface area contributed by atoms with E-state index in [9.17, 15) is 4.79 Å². The fourth-order valence-electron chi connectivity index (χ4n) is 1.67. The van der Waals surface area contributed by atoms with Crippen LogP contribution in [0.1, 0.15) is 19.2 Å². The van der Waals surface area contributed by atoms with Crippen molar-refractivity contribution in [2.75, 3.05) is 5.75 Å². The van der Waals surface area contributed by atoms with E-state index in [0.29, 0.717) is 0 Å². The summed E-state index contributed by atoms with van der Waals surface area (Å²) >= 11 is 1.25. The number of carbonyl (C=O) groups is 1. The molecule has 5 heteroatoms. The number of para-hydroxylation sites is 1. The van der Waals surface area contributed by atoms with Gasteiger partial charge in [0.05, 0.1) is 11.3 Å². The van der Waals surface area contributed by atoms with Crippen molar-refractivity contribution < 1.29 is 9.90 Å². The summed E-state index contributed by atoms with van der Waals surface area (Å²) in [7, 11) is 0. The highest BCUT2D eigenvalue weighted by Crippen LogP contribution is 2.25. The molecule has 1 aromatic carbocycles. The Labute approximate surface area is 109 Å². The van der Waals surface area contributed by atoms with E-state index in [4.69, 9.17) is 5.11 Å². The summed E-state index contributed by atoms with van der Waals surface area (Å²) in [6.07, 6.45) is 1.78. The molecule has 1 heterocycles. The van der Waals surface area contributed by atoms with E-state index in [1.807, 2.05) is 24.3 Å². The molecule has 1 aromatic heterocycles. The Hall–Kier alpha value is -1.62. The first kappa shape index (κ1) is 12.8. The molecule has 94 valence electrons. The van der Waals surface area contributed by atoms with Crippen molar-refractivity contribution in [3.05, 3.63) is 30.1 Å². The van der Waals surface area contributed by atoms with E-state index < -0.39 is 5.97 Å². The number of aliphatic carboxylic acids is 1. The van der Waals surface area contributed by atoms with Gasteiger partial charge in [0, 0.05) is 11.8 Å². The Morgan fingerprint density at radius 3 is 2.83 bits per heavy atom. The quantitative estimate of drug-likeness (QED) is 0.663. The fraction of sp³-hybridized carbons (Fsp3) is 0.308. The molecule has 0 unspecified atom stereocenters. The molecular weight excluding hydrogens is 248 g/mol. The average molecular weight is 262 g/mol. The van der Waals surface area contributed by atoms with Gasteiger partial charge in [-0.05, 0) is 12.5 Å². The minimum atomic E-state index is -0.834. The number of aryl methyl sites for hydroxylation is 1. The smallest absolute Gasteiger partial charge is 0.313 e. The number of hydrogen-bond acceptors (Lipinski definition) is 4. The number of aromatic nitrogens is 2. The largest absolute Gasteiger partial charge is 0.481 e. The molecule has 0 saturated heterocycles. The highest BCUT2D eigenvalue weighted by Gasteiger charge is 2.09. The van der Waals surface area contributed by atoms with Gasteiger partial charge < -0.3 is 5.11 Å². The zero-order valence-electron chi connectivity index (χ0n) is 10.1. The number of fused-ring (bicyclic) bond motifs is 1. The maximum absolute atomic E-state index is 10.7. The van der Waals surface area contributed by atoms with Gasteiger partial charge in [-0.1, -0.05) is 36.9 Å². The van der Waals surface area contributed by atoms with Gasteiger partial charge in [0.15, 0.2) is 0 Å². The molecule has 0 aliphatic carbocycles. The summed E-state index contributed by atoms with van der Waals surface area (Å²) in [6.45, 7) is 2.07. The number of benzene rings is 1. The number of hydrogen-bond donors (Lipinski definition) is 1. The molecule has 2 rings (SSSR count). The maximum Gasteiger partial charge on any atom is 0.313 e. The summed E-state index contributed by atoms with van der Waals surface area (Å²) in [5.41, 5.74) is 0.879. The van der Waals surface area contributed by atoms with E-state index in [1.54, 1.807) is 0 Å². The number of rotatable bonds is 5. The third kappa shape index (κ3) is 2.98. The zero-order valence-corrected chi connectivity index (χ0v) is 10.9. The molecule has 0 fully saturated rings. The normalized spacial score (nSPS) is 10.7. The van der Waals surface area contributed by atoms with Crippen molar-refractivity contribution >= 4 is 28.6 Å². The van der Waals surface area contributed by atoms with Crippen LogP contribution < -0.4 is 0 Å². The number of nitrogens with zero attached hydrogens (tertiary/aromatic N) is 2. The molecule has 2 aromatic rings. The van der Waals surface area contributed by atoms with Crippen molar-refractivity contribution in [2.24, 2.45) is 0 Å². The van der Waals surface area contributed by atoms with Gasteiger partial charge in [-0.15, -0.1) is 0 Å². The van der Waals surface area contributed by atoms with E-state index in [-0.39, 0.29) is 5.75 Å². The van der Waals surface area contributed by atoms with Crippen LogP contribution in [0.25, 0.3) is 10.9 Å². The third-order valence-corrected chi connectivity index (χ3v) is 3.40. The van der Waals surface area contributed by atoms with Crippen molar-refractivity contribution in [3.8, 4) is 0 Å². The molecule has 0 bridgehead atoms. The first-order chi connectivity index (χ1) is 8.70. The van der Waals surface area contributed by atoms with Crippen LogP contribution in [-0.2, 0) is 11.2 Å². The SMILES string of the molecule is CCCc1nc(SCC(=O)O)c2ccccc2n1. The van der Waals surface area contributed by atoms with Gasteiger partial charge in [0.2, 0.25) is 0 Å². The Bertz CT molecular complexity index is 572. The molecule has 0 aliphatic rings. The van der Waals surface area contributed by atoms with Crippen molar-refractivity contribution in [2.45, 2.75) is 24.8 Å². The standard InChI is InChI=1S/C13H14N2O2S/c1-2-5-11-14-10-7-4-3-6-9(10)13(15-11)18-8-12(16)17/h3-4,6-7H,2,5,8H2,1H3,(H,16,17). The Morgan fingerprint density at radius 1 is 1.33 bits per heavy atom. The van der Waals surface area contributed by atoms with Gasteiger partial charge in [-0.25, -0.2) is 9.97 Å². The van der Waals surface area contributed by atoms with Crippen LogP contribution in [0.5, 0.6) is 0 Å². The lowest BCUT2D eigenvalue weighted by Crippen LogP contribution is -2.01. The average Bonchev–Trinajstić information content (AvgIpc) is 2.36. The summed E-state index contributed by atoms with van der Waals surface area (Å²) in [4.78, 5) is 19.6. The lowest BCUT2D eigenvalue weighted by atomic mass is 10.2. The lowest BCUT2D eigenvalue weighted by Gasteiger charge is -2.06. The molecular formula is C13H14N2O2S. The molecule has 0 saturated carbocycles. The highest BCUT2D eigenvalue weighted by molar-refractivity contribution is 8.00. The molecule has 0 radical (unpaired) electrons. The van der Waals surface area contributed by atoms with Gasteiger partial charge >= 0.3 is 5.97 Å². The van der Waals surface area contributed by atoms with Gasteiger partial charge in [-0.2, -0.15) is 0 Å². The van der Waals surface area contributed by atoms with E-state index >= 15 is 0 Å². The molecule has 0 atom stereocenters. The van der Waals surface area contributed by atoms with Crippen LogP contribution >= 0.6 is 11.8 Å². The summed E-state index contributed by atoms with van der Waals surface area (Å²) in [5.74, 6) is -0.0316. The Balaban J connectivity index is 2.43. The molecule has 1 N–H and O–H groups in total. The van der Waals surface area contributed by atoms with Crippen LogP contribution in [0.3, 0.4) is 0 Å². The van der Waals surface area contributed by atoms with E-state index in [1.165, 1.54) is 11.8 Å². The van der Waals surface area contributed by atoms with E-state index in [0.717, 1.165) is 34.6 Å². The van der Waals surface area contributed by atoms with E-state index in [2.05, 4.69) is 16.9 Å². The number of thioether (sulfide) groups is 1. The van der Waals surface area contributed by atoms with Crippen LogP contribution in [0, 0.1) is 0 Å². The Kier molecular flexibility index (Phi) is 4.15. The van der Waals surface area contributed by atoms with Crippen LogP contribution in [0.4, 0.5) is 0 Å². The summed E-state index contributed by atoms with van der Waals surface area (Å²) < 4.78 is 0. The molecule has 18 heavy (non-hydrogen) atoms. The second-order valence-electron chi connectivity index (χ2n) is 3.89. The lowest BCUT2D eigenvalue weighted by molar-refractivity contribution is -0.133. The second kappa shape index (κ2) is 5.82. The van der Waals surface area contributed by atoms with Gasteiger partial charge in [0.1, 0.15) is 10.9 Å². The number of carboxylic acid groups (broad SMARTS) is 1.